The van der Waals surface area contributed by atoms with E-state index in [-0.39, 0.29) is 24.0 Å². The van der Waals surface area contributed by atoms with Crippen LogP contribution in [0, 0.1) is 17.0 Å². The minimum atomic E-state index is -0.392. The van der Waals surface area contributed by atoms with E-state index in [0.29, 0.717) is 11.5 Å². The van der Waals surface area contributed by atoms with Gasteiger partial charge in [-0.2, -0.15) is 0 Å². The number of hydrogen-bond acceptors (Lipinski definition) is 6. The van der Waals surface area contributed by atoms with Crippen LogP contribution in [0.5, 0.6) is 0 Å². The van der Waals surface area contributed by atoms with Gasteiger partial charge in [0.2, 0.25) is 0 Å². The lowest BCUT2D eigenvalue weighted by Crippen LogP contribution is -2.41. The molecule has 25 heavy (non-hydrogen) atoms. The van der Waals surface area contributed by atoms with Crippen LogP contribution in [0.2, 0.25) is 5.82 Å². The van der Waals surface area contributed by atoms with Gasteiger partial charge in [-0.05, 0) is 59.3 Å². The van der Waals surface area contributed by atoms with Crippen molar-refractivity contribution in [3.05, 3.63) is 27.9 Å². The predicted molar refractivity (Wildman–Crippen MR) is 96.9 cm³/mol. The molecule has 2 saturated heterocycles. The number of nitrogens with zero attached hydrogens (tertiary/aromatic N) is 3. The first kappa shape index (κ1) is 18.1. The van der Waals surface area contributed by atoms with Crippen LogP contribution in [0.1, 0.15) is 46.2 Å². The summed E-state index contributed by atoms with van der Waals surface area (Å²) in [4.78, 5) is 17.1. The fourth-order valence-electron chi connectivity index (χ4n) is 3.39. The largest absolute Gasteiger partial charge is 0.461 e. The Labute approximate surface area is 149 Å². The summed E-state index contributed by atoms with van der Waals surface area (Å²) in [6, 6.07) is 3.28. The second kappa shape index (κ2) is 6.25. The smallest absolute Gasteiger partial charge is 0.403 e. The molecule has 0 N–H and O–H groups in total. The van der Waals surface area contributed by atoms with Crippen molar-refractivity contribution < 1.29 is 14.2 Å². The summed E-state index contributed by atoms with van der Waals surface area (Å²) in [5.74, 6) is 1.16. The van der Waals surface area contributed by atoms with E-state index in [2.05, 4.69) is 37.6 Å². The van der Waals surface area contributed by atoms with Crippen molar-refractivity contribution in [1.82, 2.24) is 4.98 Å². The maximum atomic E-state index is 10.9. The van der Waals surface area contributed by atoms with Gasteiger partial charge in [0.15, 0.2) is 0 Å². The first-order valence-electron chi connectivity index (χ1n) is 8.83. The molecule has 0 bridgehead atoms. The Hall–Kier alpha value is -1.67. The van der Waals surface area contributed by atoms with Gasteiger partial charge in [-0.1, -0.05) is 0 Å². The monoisotopic (exact) mass is 347 g/mol. The standard InChI is InChI=1S/C17H26BN3O4/c1-12-14(21(22)23)6-7-15(19-12)20-10-8-13(9-11-20)18-24-16(2,3)17(4,5)25-18/h6-7,13H,8-11H2,1-5H3. The summed E-state index contributed by atoms with van der Waals surface area (Å²) >= 11 is 0. The van der Waals surface area contributed by atoms with Crippen molar-refractivity contribution in [3.8, 4) is 0 Å². The summed E-state index contributed by atoms with van der Waals surface area (Å²) in [7, 11) is -0.168. The first-order chi connectivity index (χ1) is 11.6. The summed E-state index contributed by atoms with van der Waals surface area (Å²) in [6.07, 6.45) is 1.91. The number of aromatic nitrogens is 1. The molecule has 136 valence electrons. The van der Waals surface area contributed by atoms with Crippen LogP contribution in [0.15, 0.2) is 12.1 Å². The minimum absolute atomic E-state index is 0.0656. The maximum absolute atomic E-state index is 10.9. The number of piperidine rings is 1. The second-order valence-corrected chi connectivity index (χ2v) is 7.98. The van der Waals surface area contributed by atoms with E-state index in [4.69, 9.17) is 9.31 Å². The third-order valence-electron chi connectivity index (χ3n) is 5.76. The molecule has 2 aliphatic rings. The second-order valence-electron chi connectivity index (χ2n) is 7.98. The van der Waals surface area contributed by atoms with Crippen LogP contribution in [-0.4, -0.2) is 41.3 Å². The summed E-state index contributed by atoms with van der Waals surface area (Å²) in [6.45, 7) is 11.7. The molecule has 8 heteroatoms. The normalized spacial score (nSPS) is 23.1. The quantitative estimate of drug-likeness (QED) is 0.474. The zero-order valence-corrected chi connectivity index (χ0v) is 15.6. The van der Waals surface area contributed by atoms with Crippen molar-refractivity contribution in [1.29, 1.82) is 0 Å². The molecule has 1 aromatic heterocycles. The molecular weight excluding hydrogens is 321 g/mol. The van der Waals surface area contributed by atoms with E-state index >= 15 is 0 Å². The van der Waals surface area contributed by atoms with E-state index in [0.717, 1.165) is 31.7 Å². The number of nitro groups is 1. The van der Waals surface area contributed by atoms with E-state index in [1.165, 1.54) is 6.07 Å². The molecule has 3 rings (SSSR count). The van der Waals surface area contributed by atoms with Crippen molar-refractivity contribution in [3.63, 3.8) is 0 Å². The van der Waals surface area contributed by atoms with E-state index in [1.54, 1.807) is 13.0 Å². The van der Waals surface area contributed by atoms with Crippen LogP contribution in [-0.2, 0) is 9.31 Å². The lowest BCUT2D eigenvalue weighted by atomic mass is 9.67. The number of anilines is 1. The summed E-state index contributed by atoms with van der Waals surface area (Å²) in [5.41, 5.74) is -0.0797. The van der Waals surface area contributed by atoms with E-state index < -0.39 is 4.92 Å². The van der Waals surface area contributed by atoms with Crippen LogP contribution < -0.4 is 4.90 Å². The van der Waals surface area contributed by atoms with Crippen molar-refractivity contribution in [2.24, 2.45) is 0 Å². The van der Waals surface area contributed by atoms with Crippen LogP contribution >= 0.6 is 0 Å². The Morgan fingerprint density at radius 3 is 2.24 bits per heavy atom. The molecule has 0 amide bonds. The molecule has 0 atom stereocenters. The fraction of sp³-hybridized carbons (Fsp3) is 0.706. The predicted octanol–water partition coefficient (Wildman–Crippen LogP) is 3.36. The minimum Gasteiger partial charge on any atom is -0.403 e. The van der Waals surface area contributed by atoms with Gasteiger partial charge in [-0.25, -0.2) is 4.98 Å². The molecule has 3 heterocycles. The number of hydrogen-bond donors (Lipinski definition) is 0. The van der Waals surface area contributed by atoms with Gasteiger partial charge in [0.1, 0.15) is 11.5 Å². The third-order valence-corrected chi connectivity index (χ3v) is 5.76. The highest BCUT2D eigenvalue weighted by Gasteiger charge is 2.53. The Morgan fingerprint density at radius 2 is 1.76 bits per heavy atom. The van der Waals surface area contributed by atoms with Crippen molar-refractivity contribution in [2.75, 3.05) is 18.0 Å². The van der Waals surface area contributed by atoms with E-state index in [1.807, 2.05) is 0 Å². The number of pyridine rings is 1. The summed E-state index contributed by atoms with van der Waals surface area (Å²) < 4.78 is 12.3. The zero-order chi connectivity index (χ0) is 18.4. The molecule has 0 radical (unpaired) electrons. The SMILES string of the molecule is Cc1nc(N2CCC(B3OC(C)(C)C(C)(C)O3)CC2)ccc1[N+](=O)[O-]. The van der Waals surface area contributed by atoms with Gasteiger partial charge in [0.25, 0.3) is 5.69 Å². The number of aryl methyl sites for hydroxylation is 1. The van der Waals surface area contributed by atoms with Gasteiger partial charge in [0, 0.05) is 19.2 Å². The first-order valence-corrected chi connectivity index (χ1v) is 8.83. The maximum Gasteiger partial charge on any atom is 0.461 e. The van der Waals surface area contributed by atoms with Crippen LogP contribution in [0.3, 0.4) is 0 Å². The molecule has 0 aliphatic carbocycles. The van der Waals surface area contributed by atoms with Crippen LogP contribution in [0.25, 0.3) is 0 Å². The zero-order valence-electron chi connectivity index (χ0n) is 15.6. The molecule has 0 aromatic carbocycles. The van der Waals surface area contributed by atoms with Crippen molar-refractivity contribution in [2.45, 2.75) is 64.5 Å². The average Bonchev–Trinajstić information content (AvgIpc) is 2.75. The Morgan fingerprint density at radius 1 is 1.20 bits per heavy atom. The van der Waals surface area contributed by atoms with Gasteiger partial charge in [-0.15, -0.1) is 0 Å². The fourth-order valence-corrected chi connectivity index (χ4v) is 3.39. The molecule has 1 aromatic rings. The lowest BCUT2D eigenvalue weighted by Gasteiger charge is -2.33. The van der Waals surface area contributed by atoms with Gasteiger partial charge in [0.05, 0.1) is 16.1 Å². The third kappa shape index (κ3) is 3.37. The van der Waals surface area contributed by atoms with Crippen LogP contribution in [0.4, 0.5) is 11.5 Å². The molecular formula is C17H26BN3O4. The highest BCUT2D eigenvalue weighted by atomic mass is 16.7. The average molecular weight is 347 g/mol. The lowest BCUT2D eigenvalue weighted by molar-refractivity contribution is -0.385. The number of rotatable bonds is 3. The molecule has 0 unspecified atom stereocenters. The van der Waals surface area contributed by atoms with Gasteiger partial charge < -0.3 is 14.2 Å². The van der Waals surface area contributed by atoms with Gasteiger partial charge >= 0.3 is 7.12 Å². The Bertz CT molecular complexity index is 656. The van der Waals surface area contributed by atoms with E-state index in [9.17, 15) is 10.1 Å². The highest BCUT2D eigenvalue weighted by molar-refractivity contribution is 6.47. The topological polar surface area (TPSA) is 77.7 Å². The van der Waals surface area contributed by atoms with Crippen molar-refractivity contribution >= 4 is 18.6 Å². The highest BCUT2D eigenvalue weighted by Crippen LogP contribution is 2.42. The molecule has 2 fully saturated rings. The summed E-state index contributed by atoms with van der Waals surface area (Å²) in [5, 5.41) is 10.9. The molecule has 0 saturated carbocycles. The molecule has 0 spiro atoms. The molecule has 2 aliphatic heterocycles. The van der Waals surface area contributed by atoms with Gasteiger partial charge in [-0.3, -0.25) is 10.1 Å². The Kier molecular flexibility index (Phi) is 4.53. The molecule has 7 nitrogen and oxygen atoms in total. The Balaban J connectivity index is 1.63.